The molecular weight excluding hydrogens is 326 g/mol. The fourth-order valence-corrected chi connectivity index (χ4v) is 4.13. The summed E-state index contributed by atoms with van der Waals surface area (Å²) >= 11 is 0. The number of amides is 2. The van der Waals surface area contributed by atoms with Crippen LogP contribution in [-0.4, -0.2) is 44.0 Å². The van der Waals surface area contributed by atoms with E-state index in [1.54, 1.807) is 4.90 Å². The van der Waals surface area contributed by atoms with Gasteiger partial charge in [-0.1, -0.05) is 12.1 Å². The summed E-state index contributed by atoms with van der Waals surface area (Å²) in [7, 11) is 0. The maximum absolute atomic E-state index is 12.1. The molecule has 2 saturated heterocycles. The molecule has 0 aliphatic carbocycles. The van der Waals surface area contributed by atoms with E-state index < -0.39 is 0 Å². The molecule has 3 rings (SSSR count). The fourth-order valence-electron chi connectivity index (χ4n) is 4.13. The van der Waals surface area contributed by atoms with Crippen molar-refractivity contribution >= 4 is 17.5 Å². The van der Waals surface area contributed by atoms with E-state index in [1.807, 2.05) is 29.2 Å². The van der Waals surface area contributed by atoms with Crippen molar-refractivity contribution in [3.8, 4) is 0 Å². The van der Waals surface area contributed by atoms with Gasteiger partial charge in [0.15, 0.2) is 0 Å². The van der Waals surface area contributed by atoms with Gasteiger partial charge in [0.1, 0.15) is 0 Å². The number of likely N-dealkylation sites (tertiary alicyclic amines) is 1. The maximum atomic E-state index is 12.1. The van der Waals surface area contributed by atoms with Crippen LogP contribution >= 0.6 is 0 Å². The Balaban J connectivity index is 1.37. The summed E-state index contributed by atoms with van der Waals surface area (Å²) in [5, 5.41) is 3.05. The third-order valence-electron chi connectivity index (χ3n) is 5.76. The van der Waals surface area contributed by atoms with E-state index in [-0.39, 0.29) is 11.8 Å². The number of quaternary nitrogens is 1. The Hall–Kier alpha value is -1.88. The molecule has 0 spiro atoms. The van der Waals surface area contributed by atoms with Gasteiger partial charge in [-0.05, 0) is 50.3 Å². The van der Waals surface area contributed by atoms with Gasteiger partial charge < -0.3 is 15.1 Å². The van der Waals surface area contributed by atoms with Crippen LogP contribution in [-0.2, 0) is 16.0 Å². The number of benzene rings is 1. The van der Waals surface area contributed by atoms with Crippen LogP contribution in [0.15, 0.2) is 24.3 Å². The number of carbonyl (C=O) groups excluding carboxylic acids is 2. The van der Waals surface area contributed by atoms with Gasteiger partial charge in [-0.3, -0.25) is 9.59 Å². The minimum Gasteiger partial charge on any atom is -0.356 e. The number of piperidine rings is 1. The summed E-state index contributed by atoms with van der Waals surface area (Å²) in [5.74, 6) is 0.275. The first-order chi connectivity index (χ1) is 12.6. The van der Waals surface area contributed by atoms with E-state index in [9.17, 15) is 9.59 Å². The summed E-state index contributed by atoms with van der Waals surface area (Å²) in [6, 6.07) is 8.58. The van der Waals surface area contributed by atoms with E-state index in [2.05, 4.69) is 12.2 Å². The third kappa shape index (κ3) is 5.07. The van der Waals surface area contributed by atoms with E-state index in [1.165, 1.54) is 25.8 Å². The van der Waals surface area contributed by atoms with Gasteiger partial charge in [0.05, 0.1) is 25.6 Å². The lowest BCUT2D eigenvalue weighted by Gasteiger charge is -2.30. The van der Waals surface area contributed by atoms with Gasteiger partial charge in [-0.15, -0.1) is 0 Å². The summed E-state index contributed by atoms with van der Waals surface area (Å²) in [4.78, 5) is 27.4. The van der Waals surface area contributed by atoms with E-state index in [4.69, 9.17) is 0 Å². The lowest BCUT2D eigenvalue weighted by Crippen LogP contribution is -3.16. The van der Waals surface area contributed by atoms with Crippen LogP contribution in [0.4, 0.5) is 5.69 Å². The van der Waals surface area contributed by atoms with Gasteiger partial charge in [0.2, 0.25) is 11.8 Å². The van der Waals surface area contributed by atoms with E-state index in [0.29, 0.717) is 12.8 Å². The first-order valence-corrected chi connectivity index (χ1v) is 10.1. The van der Waals surface area contributed by atoms with Gasteiger partial charge in [-0.2, -0.15) is 0 Å². The molecular formula is C21H32N3O2+. The second-order valence-electron chi connectivity index (χ2n) is 7.75. The number of rotatable bonds is 7. The van der Waals surface area contributed by atoms with Crippen molar-refractivity contribution in [1.82, 2.24) is 5.32 Å². The first kappa shape index (κ1) is 18.9. The summed E-state index contributed by atoms with van der Waals surface area (Å²) < 4.78 is 0. The SMILES string of the molecule is C[C@@H]1CCCC[NH+]1CCCNC(=O)Cc1ccc(N2CCCC2=O)cc1. The molecule has 26 heavy (non-hydrogen) atoms. The number of anilines is 1. The average Bonchev–Trinajstić information content (AvgIpc) is 3.07. The Kier molecular flexibility index (Phi) is 6.67. The Morgan fingerprint density at radius 2 is 2.04 bits per heavy atom. The molecule has 2 fully saturated rings. The van der Waals surface area contributed by atoms with Crippen molar-refractivity contribution in [3.63, 3.8) is 0 Å². The molecule has 1 aromatic carbocycles. The first-order valence-electron chi connectivity index (χ1n) is 10.1. The zero-order valence-electron chi connectivity index (χ0n) is 15.9. The van der Waals surface area contributed by atoms with Crippen LogP contribution in [0.3, 0.4) is 0 Å². The molecule has 0 aromatic heterocycles. The van der Waals surface area contributed by atoms with Gasteiger partial charge in [-0.25, -0.2) is 0 Å². The number of nitrogens with one attached hydrogen (secondary N) is 2. The standard InChI is InChI=1S/C21H31N3O2/c1-17-6-2-3-13-23(17)14-5-12-22-20(25)16-18-8-10-19(11-9-18)24-15-4-7-21(24)26/h8-11,17H,2-7,12-16H2,1H3,(H,22,25)/p+1/t17-/m1/s1. The van der Waals surface area contributed by atoms with Gasteiger partial charge >= 0.3 is 0 Å². The highest BCUT2D eigenvalue weighted by molar-refractivity contribution is 5.95. The van der Waals surface area contributed by atoms with Crippen LogP contribution in [0.1, 0.15) is 51.0 Å². The lowest BCUT2D eigenvalue weighted by molar-refractivity contribution is -0.928. The minimum atomic E-state index is 0.0803. The van der Waals surface area contributed by atoms with Gasteiger partial charge in [0.25, 0.3) is 0 Å². The van der Waals surface area contributed by atoms with Crippen molar-refractivity contribution in [2.24, 2.45) is 0 Å². The monoisotopic (exact) mass is 358 g/mol. The molecule has 0 saturated carbocycles. The average molecular weight is 359 g/mol. The zero-order valence-corrected chi connectivity index (χ0v) is 15.9. The largest absolute Gasteiger partial charge is 0.356 e. The van der Waals surface area contributed by atoms with Crippen LogP contribution in [0, 0.1) is 0 Å². The van der Waals surface area contributed by atoms with E-state index >= 15 is 0 Å². The molecule has 1 aromatic rings. The van der Waals surface area contributed by atoms with E-state index in [0.717, 1.165) is 49.8 Å². The molecule has 5 heteroatoms. The highest BCUT2D eigenvalue weighted by atomic mass is 16.2. The predicted octanol–water partition coefficient (Wildman–Crippen LogP) is 1.32. The smallest absolute Gasteiger partial charge is 0.227 e. The van der Waals surface area contributed by atoms with Gasteiger partial charge in [0, 0.05) is 31.6 Å². The van der Waals surface area contributed by atoms with Crippen molar-refractivity contribution < 1.29 is 14.5 Å². The van der Waals surface area contributed by atoms with Crippen molar-refractivity contribution in [2.75, 3.05) is 31.1 Å². The highest BCUT2D eigenvalue weighted by Crippen LogP contribution is 2.21. The van der Waals surface area contributed by atoms with Crippen molar-refractivity contribution in [2.45, 2.75) is 57.9 Å². The predicted molar refractivity (Wildman–Crippen MR) is 103 cm³/mol. The normalized spacial score (nSPS) is 23.3. The molecule has 0 radical (unpaired) electrons. The van der Waals surface area contributed by atoms with Crippen molar-refractivity contribution in [3.05, 3.63) is 29.8 Å². The molecule has 2 aliphatic heterocycles. The highest BCUT2D eigenvalue weighted by Gasteiger charge is 2.22. The Morgan fingerprint density at radius 3 is 2.73 bits per heavy atom. The molecule has 2 atom stereocenters. The molecule has 2 N–H and O–H groups in total. The fraction of sp³-hybridized carbons (Fsp3) is 0.619. The van der Waals surface area contributed by atoms with Crippen LogP contribution in [0.5, 0.6) is 0 Å². The second-order valence-corrected chi connectivity index (χ2v) is 7.75. The Morgan fingerprint density at radius 1 is 1.23 bits per heavy atom. The molecule has 0 bridgehead atoms. The topological polar surface area (TPSA) is 53.9 Å². The molecule has 1 unspecified atom stereocenters. The maximum Gasteiger partial charge on any atom is 0.227 e. The Labute approximate surface area is 156 Å². The quantitative estimate of drug-likeness (QED) is 0.723. The van der Waals surface area contributed by atoms with Crippen LogP contribution in [0.25, 0.3) is 0 Å². The Bertz CT molecular complexity index is 614. The number of hydrogen-bond donors (Lipinski definition) is 2. The minimum absolute atomic E-state index is 0.0803. The number of hydrogen-bond acceptors (Lipinski definition) is 2. The third-order valence-corrected chi connectivity index (χ3v) is 5.76. The number of nitrogens with zero attached hydrogens (tertiary/aromatic N) is 1. The molecule has 5 nitrogen and oxygen atoms in total. The summed E-state index contributed by atoms with van der Waals surface area (Å²) in [6.07, 6.45) is 7.06. The van der Waals surface area contributed by atoms with Crippen LogP contribution in [0.2, 0.25) is 0 Å². The van der Waals surface area contributed by atoms with Crippen LogP contribution < -0.4 is 15.1 Å². The number of carbonyl (C=O) groups is 2. The summed E-state index contributed by atoms with van der Waals surface area (Å²) in [6.45, 7) is 6.33. The summed E-state index contributed by atoms with van der Waals surface area (Å²) in [5.41, 5.74) is 1.93. The molecule has 2 amide bonds. The molecule has 2 aliphatic rings. The zero-order chi connectivity index (χ0) is 18.4. The molecule has 2 heterocycles. The lowest BCUT2D eigenvalue weighted by atomic mass is 10.0. The van der Waals surface area contributed by atoms with Crippen molar-refractivity contribution in [1.29, 1.82) is 0 Å². The molecule has 142 valence electrons. The second kappa shape index (κ2) is 9.17.